The Kier molecular flexibility index (Phi) is 5.99. The minimum atomic E-state index is -0.172. The Balaban J connectivity index is 1.71. The standard InChI is InChI=1S/C22H25N3O3/c1-15(11-17-13-18(28-3)9-10-21(17)26)24-22(27)19-14-23-25(2)20(19)12-16-7-5-4-6-8-16/h4-10,13-15,26H,11-12H2,1-3H3,(H,24,27). The molecule has 1 unspecified atom stereocenters. The van der Waals surface area contributed by atoms with Crippen LogP contribution >= 0.6 is 0 Å². The van der Waals surface area contributed by atoms with Gasteiger partial charge < -0.3 is 15.2 Å². The van der Waals surface area contributed by atoms with Crippen molar-refractivity contribution >= 4 is 5.91 Å². The van der Waals surface area contributed by atoms with Gasteiger partial charge in [-0.05, 0) is 42.7 Å². The molecule has 1 aromatic heterocycles. The number of methoxy groups -OCH3 is 1. The van der Waals surface area contributed by atoms with Gasteiger partial charge in [0.25, 0.3) is 5.91 Å². The van der Waals surface area contributed by atoms with Crippen molar-refractivity contribution in [3.05, 3.63) is 77.1 Å². The van der Waals surface area contributed by atoms with Crippen molar-refractivity contribution in [1.82, 2.24) is 15.1 Å². The lowest BCUT2D eigenvalue weighted by Gasteiger charge is -2.16. The number of aromatic hydroxyl groups is 1. The van der Waals surface area contributed by atoms with Crippen molar-refractivity contribution in [2.75, 3.05) is 7.11 Å². The summed E-state index contributed by atoms with van der Waals surface area (Å²) in [5, 5.41) is 17.3. The van der Waals surface area contributed by atoms with E-state index in [1.165, 1.54) is 0 Å². The third kappa shape index (κ3) is 4.52. The van der Waals surface area contributed by atoms with E-state index in [-0.39, 0.29) is 17.7 Å². The highest BCUT2D eigenvalue weighted by Crippen LogP contribution is 2.24. The number of phenols is 1. The highest BCUT2D eigenvalue weighted by molar-refractivity contribution is 5.95. The molecule has 6 nitrogen and oxygen atoms in total. The zero-order chi connectivity index (χ0) is 20.1. The van der Waals surface area contributed by atoms with Gasteiger partial charge in [-0.1, -0.05) is 30.3 Å². The van der Waals surface area contributed by atoms with Gasteiger partial charge in [0.05, 0.1) is 24.6 Å². The Bertz CT molecular complexity index is 951. The van der Waals surface area contributed by atoms with E-state index in [0.29, 0.717) is 24.2 Å². The van der Waals surface area contributed by atoms with E-state index < -0.39 is 0 Å². The van der Waals surface area contributed by atoms with Crippen LogP contribution in [0.4, 0.5) is 0 Å². The van der Waals surface area contributed by atoms with Crippen molar-refractivity contribution in [3.63, 3.8) is 0 Å². The fourth-order valence-corrected chi connectivity index (χ4v) is 3.19. The van der Waals surface area contributed by atoms with Crippen LogP contribution in [0.15, 0.2) is 54.7 Å². The monoisotopic (exact) mass is 379 g/mol. The maximum Gasteiger partial charge on any atom is 0.254 e. The van der Waals surface area contributed by atoms with Gasteiger partial charge >= 0.3 is 0 Å². The predicted molar refractivity (Wildman–Crippen MR) is 108 cm³/mol. The molecule has 2 aromatic carbocycles. The zero-order valence-corrected chi connectivity index (χ0v) is 16.3. The van der Waals surface area contributed by atoms with Gasteiger partial charge in [0.15, 0.2) is 0 Å². The first kappa shape index (κ1) is 19.5. The molecule has 0 bridgehead atoms. The normalized spacial score (nSPS) is 11.8. The SMILES string of the molecule is COc1ccc(O)c(CC(C)NC(=O)c2cnn(C)c2Cc2ccccc2)c1. The number of hydrogen-bond acceptors (Lipinski definition) is 4. The topological polar surface area (TPSA) is 76.4 Å². The molecule has 0 aliphatic carbocycles. The molecule has 0 radical (unpaired) electrons. The summed E-state index contributed by atoms with van der Waals surface area (Å²) in [5.41, 5.74) is 3.27. The molecule has 0 fully saturated rings. The molecule has 3 aromatic rings. The first-order valence-corrected chi connectivity index (χ1v) is 9.19. The van der Waals surface area contributed by atoms with Crippen molar-refractivity contribution in [1.29, 1.82) is 0 Å². The second-order valence-electron chi connectivity index (χ2n) is 6.86. The highest BCUT2D eigenvalue weighted by Gasteiger charge is 2.19. The number of carbonyl (C=O) groups is 1. The van der Waals surface area contributed by atoms with Crippen LogP contribution in [0.25, 0.3) is 0 Å². The molecule has 2 N–H and O–H groups in total. The molecule has 0 saturated carbocycles. The van der Waals surface area contributed by atoms with E-state index in [2.05, 4.69) is 10.4 Å². The maximum absolute atomic E-state index is 12.8. The molecule has 1 amide bonds. The lowest BCUT2D eigenvalue weighted by Crippen LogP contribution is -2.34. The second-order valence-corrected chi connectivity index (χ2v) is 6.86. The van der Waals surface area contributed by atoms with Gasteiger partial charge in [-0.2, -0.15) is 5.10 Å². The Hall–Kier alpha value is -3.28. The van der Waals surface area contributed by atoms with Crippen molar-refractivity contribution in [2.45, 2.75) is 25.8 Å². The van der Waals surface area contributed by atoms with E-state index in [0.717, 1.165) is 16.8 Å². The summed E-state index contributed by atoms with van der Waals surface area (Å²) in [6, 6.07) is 14.9. The van der Waals surface area contributed by atoms with Crippen molar-refractivity contribution < 1.29 is 14.6 Å². The maximum atomic E-state index is 12.8. The lowest BCUT2D eigenvalue weighted by molar-refractivity contribution is 0.0939. The third-order valence-electron chi connectivity index (χ3n) is 4.71. The minimum Gasteiger partial charge on any atom is -0.508 e. The molecule has 0 spiro atoms. The Morgan fingerprint density at radius 3 is 2.71 bits per heavy atom. The lowest BCUT2D eigenvalue weighted by atomic mass is 10.0. The summed E-state index contributed by atoms with van der Waals surface area (Å²) in [7, 11) is 3.42. The number of amides is 1. The summed E-state index contributed by atoms with van der Waals surface area (Å²) in [5.74, 6) is 0.686. The van der Waals surface area contributed by atoms with Crippen LogP contribution in [0, 0.1) is 0 Å². The van der Waals surface area contributed by atoms with Gasteiger partial charge in [-0.25, -0.2) is 0 Å². The number of benzene rings is 2. The zero-order valence-electron chi connectivity index (χ0n) is 16.3. The summed E-state index contributed by atoms with van der Waals surface area (Å²) >= 11 is 0. The van der Waals surface area contributed by atoms with Crippen LogP contribution in [0.2, 0.25) is 0 Å². The van der Waals surface area contributed by atoms with Gasteiger partial charge in [0.1, 0.15) is 11.5 Å². The van der Waals surface area contributed by atoms with Crippen LogP contribution in [0.5, 0.6) is 11.5 Å². The summed E-state index contributed by atoms with van der Waals surface area (Å²) in [6.45, 7) is 1.91. The molecule has 6 heteroatoms. The number of nitrogens with one attached hydrogen (secondary N) is 1. The number of ether oxygens (including phenoxy) is 1. The molecule has 28 heavy (non-hydrogen) atoms. The number of carbonyl (C=O) groups excluding carboxylic acids is 1. The van der Waals surface area contributed by atoms with Crippen LogP contribution in [-0.2, 0) is 19.9 Å². The van der Waals surface area contributed by atoms with E-state index >= 15 is 0 Å². The highest BCUT2D eigenvalue weighted by atomic mass is 16.5. The van der Waals surface area contributed by atoms with Crippen LogP contribution in [0.1, 0.15) is 34.1 Å². The van der Waals surface area contributed by atoms with Gasteiger partial charge in [0, 0.05) is 19.5 Å². The number of phenolic OH excluding ortho intramolecular Hbond substituents is 1. The van der Waals surface area contributed by atoms with E-state index in [9.17, 15) is 9.90 Å². The van der Waals surface area contributed by atoms with Crippen LogP contribution < -0.4 is 10.1 Å². The van der Waals surface area contributed by atoms with Crippen LogP contribution in [-0.4, -0.2) is 33.9 Å². The molecule has 0 aliphatic rings. The molecule has 146 valence electrons. The van der Waals surface area contributed by atoms with Gasteiger partial charge in [-0.3, -0.25) is 9.48 Å². The van der Waals surface area contributed by atoms with Crippen molar-refractivity contribution in [3.8, 4) is 11.5 Å². The number of aromatic nitrogens is 2. The minimum absolute atomic E-state index is 0.171. The molecule has 1 heterocycles. The first-order valence-electron chi connectivity index (χ1n) is 9.19. The molecule has 0 saturated heterocycles. The number of rotatable bonds is 7. The van der Waals surface area contributed by atoms with E-state index in [4.69, 9.17) is 4.74 Å². The molecule has 0 aliphatic heterocycles. The van der Waals surface area contributed by atoms with E-state index in [1.807, 2.05) is 44.3 Å². The average molecular weight is 379 g/mol. The Morgan fingerprint density at radius 2 is 2.00 bits per heavy atom. The van der Waals surface area contributed by atoms with Crippen molar-refractivity contribution in [2.24, 2.45) is 7.05 Å². The summed E-state index contributed by atoms with van der Waals surface area (Å²) < 4.78 is 6.94. The quantitative estimate of drug-likeness (QED) is 0.661. The molecule has 3 rings (SSSR count). The average Bonchev–Trinajstić information content (AvgIpc) is 3.05. The second kappa shape index (κ2) is 8.61. The summed E-state index contributed by atoms with van der Waals surface area (Å²) in [6.07, 6.45) is 2.72. The molecular formula is C22H25N3O3. The fraction of sp³-hybridized carbons (Fsp3) is 0.273. The van der Waals surface area contributed by atoms with E-state index in [1.54, 1.807) is 36.2 Å². The number of aryl methyl sites for hydroxylation is 1. The predicted octanol–water partition coefficient (Wildman–Crippen LogP) is 3.09. The number of hydrogen-bond donors (Lipinski definition) is 2. The van der Waals surface area contributed by atoms with Gasteiger partial charge in [0.2, 0.25) is 0 Å². The Morgan fingerprint density at radius 1 is 1.25 bits per heavy atom. The van der Waals surface area contributed by atoms with Crippen LogP contribution in [0.3, 0.4) is 0 Å². The van der Waals surface area contributed by atoms with Gasteiger partial charge in [-0.15, -0.1) is 0 Å². The Labute approximate surface area is 164 Å². The smallest absolute Gasteiger partial charge is 0.254 e. The largest absolute Gasteiger partial charge is 0.508 e. The molecule has 1 atom stereocenters. The molecular weight excluding hydrogens is 354 g/mol. The first-order chi connectivity index (χ1) is 13.5. The third-order valence-corrected chi connectivity index (χ3v) is 4.71. The number of nitrogens with zero attached hydrogens (tertiary/aromatic N) is 2. The fourth-order valence-electron chi connectivity index (χ4n) is 3.19. The summed E-state index contributed by atoms with van der Waals surface area (Å²) in [4.78, 5) is 12.8.